The summed E-state index contributed by atoms with van der Waals surface area (Å²) in [6, 6.07) is 14.2. The van der Waals surface area contributed by atoms with Crippen LogP contribution >= 0.6 is 0 Å². The fraction of sp³-hybridized carbons (Fsp3) is 0.100. The van der Waals surface area contributed by atoms with Gasteiger partial charge in [0.1, 0.15) is 5.69 Å². The zero-order valence-electron chi connectivity index (χ0n) is 14.3. The summed E-state index contributed by atoms with van der Waals surface area (Å²) in [5, 5.41) is 20.0. The van der Waals surface area contributed by atoms with E-state index in [4.69, 9.17) is 5.11 Å². The van der Waals surface area contributed by atoms with Crippen molar-refractivity contribution in [2.24, 2.45) is 5.10 Å². The van der Waals surface area contributed by atoms with Gasteiger partial charge >= 0.3 is 5.97 Å². The summed E-state index contributed by atoms with van der Waals surface area (Å²) in [6.45, 7) is 0. The molecule has 0 saturated heterocycles. The second-order valence-corrected chi connectivity index (χ2v) is 6.21. The maximum Gasteiger partial charge on any atom is 0.335 e. The van der Waals surface area contributed by atoms with Crippen molar-refractivity contribution in [2.75, 3.05) is 0 Å². The molecule has 4 rings (SSSR count). The lowest BCUT2D eigenvalue weighted by Gasteiger charge is -2.15. The third kappa shape index (κ3) is 3.22. The molecule has 2 aromatic carbocycles. The molecular formula is C20H16N4O3. The van der Waals surface area contributed by atoms with Crippen LogP contribution in [-0.4, -0.2) is 33.4 Å². The number of rotatable bonds is 4. The van der Waals surface area contributed by atoms with Crippen LogP contribution in [0.2, 0.25) is 0 Å². The fourth-order valence-corrected chi connectivity index (χ4v) is 3.18. The van der Waals surface area contributed by atoms with Crippen molar-refractivity contribution in [3.05, 3.63) is 76.5 Å². The number of aromatic nitrogens is 2. The number of carbonyl (C=O) groups is 2. The summed E-state index contributed by atoms with van der Waals surface area (Å²) in [5.41, 5.74) is 7.77. The summed E-state index contributed by atoms with van der Waals surface area (Å²) in [5.74, 6) is -1.35. The fourth-order valence-electron chi connectivity index (χ4n) is 3.18. The number of H-pyrrole nitrogens is 1. The van der Waals surface area contributed by atoms with E-state index in [9.17, 15) is 9.59 Å². The van der Waals surface area contributed by atoms with E-state index >= 15 is 0 Å². The Balaban J connectivity index is 1.49. The highest BCUT2D eigenvalue weighted by atomic mass is 16.4. The number of aryl methyl sites for hydroxylation is 1. The lowest BCUT2D eigenvalue weighted by Crippen LogP contribution is -2.20. The number of carbonyl (C=O) groups excluding carboxylic acids is 1. The summed E-state index contributed by atoms with van der Waals surface area (Å²) in [4.78, 5) is 23.3. The van der Waals surface area contributed by atoms with Crippen LogP contribution in [0.4, 0.5) is 0 Å². The third-order valence-electron chi connectivity index (χ3n) is 4.55. The Bertz CT molecular complexity index is 1050. The van der Waals surface area contributed by atoms with Gasteiger partial charge in [-0.1, -0.05) is 36.4 Å². The molecule has 0 saturated carbocycles. The second-order valence-electron chi connectivity index (χ2n) is 6.21. The minimum Gasteiger partial charge on any atom is -0.478 e. The van der Waals surface area contributed by atoms with Crippen LogP contribution in [0.3, 0.4) is 0 Å². The van der Waals surface area contributed by atoms with Gasteiger partial charge in [-0.25, -0.2) is 10.2 Å². The van der Waals surface area contributed by atoms with Gasteiger partial charge in [-0.3, -0.25) is 9.89 Å². The lowest BCUT2D eigenvalue weighted by atomic mass is 9.89. The molecule has 7 heteroatoms. The molecule has 134 valence electrons. The number of nitrogens with zero attached hydrogens (tertiary/aromatic N) is 2. The number of aromatic amines is 1. The Hall–Kier alpha value is -3.74. The molecular weight excluding hydrogens is 344 g/mol. The Labute approximate surface area is 154 Å². The maximum atomic E-state index is 12.4. The standard InChI is InChI=1S/C20H16N4O3/c25-19(24-21-11-12-5-7-14(8-6-12)20(26)27)18-16-10-9-13-3-1-2-4-15(13)17(16)22-23-18/h1-8,11H,9-10H2,(H,22,23)(H,24,25)(H,26,27). The van der Waals surface area contributed by atoms with Gasteiger partial charge in [-0.05, 0) is 36.1 Å². The highest BCUT2D eigenvalue weighted by molar-refractivity contribution is 5.96. The zero-order valence-corrected chi connectivity index (χ0v) is 14.3. The summed E-state index contributed by atoms with van der Waals surface area (Å²) < 4.78 is 0. The number of aromatic carboxylic acids is 1. The number of carboxylic acid groups (broad SMARTS) is 1. The monoisotopic (exact) mass is 360 g/mol. The van der Waals surface area contributed by atoms with Crippen molar-refractivity contribution < 1.29 is 14.7 Å². The van der Waals surface area contributed by atoms with Crippen molar-refractivity contribution in [3.8, 4) is 11.3 Å². The lowest BCUT2D eigenvalue weighted by molar-refractivity contribution is 0.0696. The number of benzene rings is 2. The normalized spacial score (nSPS) is 12.4. The highest BCUT2D eigenvalue weighted by Crippen LogP contribution is 2.33. The molecule has 1 aliphatic carbocycles. The van der Waals surface area contributed by atoms with E-state index in [0.29, 0.717) is 11.3 Å². The number of hydrogen-bond donors (Lipinski definition) is 3. The predicted molar refractivity (Wildman–Crippen MR) is 99.9 cm³/mol. The second kappa shape index (κ2) is 6.87. The van der Waals surface area contributed by atoms with Crippen molar-refractivity contribution in [2.45, 2.75) is 12.8 Å². The first kappa shape index (κ1) is 16.7. The first-order chi connectivity index (χ1) is 13.1. The number of fused-ring (bicyclic) bond motifs is 3. The smallest absolute Gasteiger partial charge is 0.335 e. The molecule has 0 fully saturated rings. The first-order valence-corrected chi connectivity index (χ1v) is 8.46. The maximum absolute atomic E-state index is 12.4. The van der Waals surface area contributed by atoms with Crippen LogP contribution in [-0.2, 0) is 12.8 Å². The van der Waals surface area contributed by atoms with E-state index in [-0.39, 0.29) is 11.5 Å². The number of hydrazone groups is 1. The molecule has 0 atom stereocenters. The molecule has 1 amide bonds. The molecule has 0 unspecified atom stereocenters. The van der Waals surface area contributed by atoms with Gasteiger partial charge in [0.15, 0.2) is 0 Å². The average molecular weight is 360 g/mol. The van der Waals surface area contributed by atoms with Crippen LogP contribution < -0.4 is 5.43 Å². The topological polar surface area (TPSA) is 107 Å². The molecule has 1 aromatic heterocycles. The molecule has 27 heavy (non-hydrogen) atoms. The van der Waals surface area contributed by atoms with E-state index in [1.807, 2.05) is 18.2 Å². The van der Waals surface area contributed by atoms with Gasteiger partial charge < -0.3 is 5.11 Å². The number of hydrogen-bond acceptors (Lipinski definition) is 4. The summed E-state index contributed by atoms with van der Waals surface area (Å²) in [6.07, 6.45) is 3.07. The predicted octanol–water partition coefficient (Wildman–Crippen LogP) is 2.64. The van der Waals surface area contributed by atoms with Crippen molar-refractivity contribution >= 4 is 18.1 Å². The van der Waals surface area contributed by atoms with E-state index in [1.54, 1.807) is 12.1 Å². The van der Waals surface area contributed by atoms with Crippen molar-refractivity contribution in [1.82, 2.24) is 15.6 Å². The Morgan fingerprint density at radius 1 is 1.11 bits per heavy atom. The minimum atomic E-state index is -0.989. The quantitative estimate of drug-likeness (QED) is 0.491. The van der Waals surface area contributed by atoms with Gasteiger partial charge in [0, 0.05) is 11.1 Å². The van der Waals surface area contributed by atoms with Crippen molar-refractivity contribution in [1.29, 1.82) is 0 Å². The largest absolute Gasteiger partial charge is 0.478 e. The van der Waals surface area contributed by atoms with Gasteiger partial charge in [-0.2, -0.15) is 10.2 Å². The van der Waals surface area contributed by atoms with Gasteiger partial charge in [0.2, 0.25) is 0 Å². The van der Waals surface area contributed by atoms with E-state index in [2.05, 4.69) is 26.8 Å². The highest BCUT2D eigenvalue weighted by Gasteiger charge is 2.24. The van der Waals surface area contributed by atoms with Crippen LogP contribution in [0.25, 0.3) is 11.3 Å². The number of carboxylic acids is 1. The Morgan fingerprint density at radius 2 is 1.89 bits per heavy atom. The summed E-state index contributed by atoms with van der Waals surface area (Å²) in [7, 11) is 0. The van der Waals surface area contributed by atoms with Crippen LogP contribution in [0.15, 0.2) is 53.6 Å². The van der Waals surface area contributed by atoms with Crippen LogP contribution in [0.1, 0.15) is 37.5 Å². The molecule has 3 N–H and O–H groups in total. The van der Waals surface area contributed by atoms with E-state index in [1.165, 1.54) is 23.9 Å². The molecule has 0 radical (unpaired) electrons. The Morgan fingerprint density at radius 3 is 2.67 bits per heavy atom. The molecule has 7 nitrogen and oxygen atoms in total. The first-order valence-electron chi connectivity index (χ1n) is 8.46. The molecule has 0 aliphatic heterocycles. The average Bonchev–Trinajstić information content (AvgIpc) is 3.13. The van der Waals surface area contributed by atoms with Crippen LogP contribution in [0.5, 0.6) is 0 Å². The van der Waals surface area contributed by atoms with E-state index in [0.717, 1.165) is 29.7 Å². The molecule has 1 heterocycles. The van der Waals surface area contributed by atoms with Gasteiger partial charge in [0.05, 0.1) is 17.5 Å². The van der Waals surface area contributed by atoms with E-state index < -0.39 is 5.97 Å². The molecule has 0 spiro atoms. The number of amides is 1. The molecule has 1 aliphatic rings. The summed E-state index contributed by atoms with van der Waals surface area (Å²) >= 11 is 0. The van der Waals surface area contributed by atoms with Gasteiger partial charge in [0.25, 0.3) is 5.91 Å². The van der Waals surface area contributed by atoms with Crippen LogP contribution in [0, 0.1) is 0 Å². The molecule has 3 aromatic rings. The van der Waals surface area contributed by atoms with Gasteiger partial charge in [-0.15, -0.1) is 0 Å². The SMILES string of the molecule is O=C(O)c1ccc(C=NNC(=O)c2[nH]nc3c2CCc2ccccc2-3)cc1. The zero-order chi connectivity index (χ0) is 18.8. The molecule has 0 bridgehead atoms. The third-order valence-corrected chi connectivity index (χ3v) is 4.55. The number of nitrogens with one attached hydrogen (secondary N) is 2. The Kier molecular flexibility index (Phi) is 4.25. The van der Waals surface area contributed by atoms with Crippen molar-refractivity contribution in [3.63, 3.8) is 0 Å². The minimum absolute atomic E-state index is 0.195.